The number of carbonyl (C=O) groups is 1. The Morgan fingerprint density at radius 2 is 2.33 bits per heavy atom. The highest BCUT2D eigenvalue weighted by Crippen LogP contribution is 1.83. The standard InChI is InChI=1S/C3H4BrClO/c4-1-3(6)2-5/h1-2H2. The monoisotopic (exact) mass is 170 g/mol. The molecule has 0 saturated heterocycles. The lowest BCUT2D eigenvalue weighted by Crippen LogP contribution is -1.97. The number of rotatable bonds is 2. The molecule has 0 spiro atoms. The van der Waals surface area contributed by atoms with Gasteiger partial charge in [0.2, 0.25) is 0 Å². The molecule has 0 rings (SSSR count). The van der Waals surface area contributed by atoms with Crippen LogP contribution in [0.3, 0.4) is 0 Å². The second-order valence-electron chi connectivity index (χ2n) is 0.806. The van der Waals surface area contributed by atoms with Gasteiger partial charge in [-0.3, -0.25) is 4.79 Å². The van der Waals surface area contributed by atoms with Gasteiger partial charge in [0.1, 0.15) is 0 Å². The molecular weight excluding hydrogens is 167 g/mol. The first kappa shape index (κ1) is 6.44. The lowest BCUT2D eigenvalue weighted by atomic mass is 10.5. The van der Waals surface area contributed by atoms with E-state index in [0.717, 1.165) is 0 Å². The quantitative estimate of drug-likeness (QED) is 0.571. The van der Waals surface area contributed by atoms with Crippen molar-refractivity contribution in [2.45, 2.75) is 0 Å². The van der Waals surface area contributed by atoms with E-state index >= 15 is 0 Å². The summed E-state index contributed by atoms with van der Waals surface area (Å²) < 4.78 is 0. The van der Waals surface area contributed by atoms with Gasteiger partial charge in [-0.25, -0.2) is 0 Å². The third-order valence-electron chi connectivity index (χ3n) is 0.298. The minimum atomic E-state index is 0.0247. The molecule has 0 unspecified atom stereocenters. The third-order valence-corrected chi connectivity index (χ3v) is 1.22. The van der Waals surface area contributed by atoms with Gasteiger partial charge in [0.05, 0.1) is 11.2 Å². The summed E-state index contributed by atoms with van der Waals surface area (Å²) in [6.45, 7) is 0. The molecule has 0 aliphatic heterocycles. The van der Waals surface area contributed by atoms with E-state index < -0.39 is 0 Å². The second kappa shape index (κ2) is 3.62. The molecule has 0 aliphatic carbocycles. The molecule has 0 radical (unpaired) electrons. The Hall–Kier alpha value is 0.440. The van der Waals surface area contributed by atoms with Crippen LogP contribution in [0.15, 0.2) is 0 Å². The highest BCUT2D eigenvalue weighted by molar-refractivity contribution is 9.09. The molecule has 0 atom stereocenters. The molecule has 0 fully saturated rings. The van der Waals surface area contributed by atoms with E-state index in [1.54, 1.807) is 0 Å². The van der Waals surface area contributed by atoms with Gasteiger partial charge in [-0.1, -0.05) is 15.9 Å². The van der Waals surface area contributed by atoms with Gasteiger partial charge in [-0.2, -0.15) is 0 Å². The van der Waals surface area contributed by atoms with E-state index in [-0.39, 0.29) is 11.7 Å². The lowest BCUT2D eigenvalue weighted by Gasteiger charge is -1.78. The minimum absolute atomic E-state index is 0.0247. The van der Waals surface area contributed by atoms with Crippen LogP contribution in [0.1, 0.15) is 0 Å². The molecular formula is C3H4BrClO. The van der Waals surface area contributed by atoms with Crippen molar-refractivity contribution in [3.63, 3.8) is 0 Å². The molecule has 36 valence electrons. The Labute approximate surface area is 49.8 Å². The van der Waals surface area contributed by atoms with Crippen molar-refractivity contribution in [1.82, 2.24) is 0 Å². The van der Waals surface area contributed by atoms with E-state index in [1.165, 1.54) is 0 Å². The summed E-state index contributed by atoms with van der Waals surface area (Å²) in [5.74, 6) is 0.141. The summed E-state index contributed by atoms with van der Waals surface area (Å²) >= 11 is 8.01. The third kappa shape index (κ3) is 2.67. The Kier molecular flexibility index (Phi) is 3.89. The first-order chi connectivity index (χ1) is 2.81. The predicted octanol–water partition coefficient (Wildman–Crippen LogP) is 1.19. The van der Waals surface area contributed by atoms with Crippen molar-refractivity contribution >= 4 is 33.3 Å². The van der Waals surface area contributed by atoms with Gasteiger partial charge in [-0.15, -0.1) is 11.6 Å². The number of alkyl halides is 2. The summed E-state index contributed by atoms with van der Waals surface area (Å²) in [5.41, 5.74) is 0. The maximum atomic E-state index is 10.0. The Balaban J connectivity index is 2.99. The van der Waals surface area contributed by atoms with Gasteiger partial charge in [0, 0.05) is 0 Å². The van der Waals surface area contributed by atoms with Crippen molar-refractivity contribution in [2.75, 3.05) is 11.2 Å². The van der Waals surface area contributed by atoms with Gasteiger partial charge in [-0.05, 0) is 0 Å². The SMILES string of the molecule is O=C(CCl)CBr. The van der Waals surface area contributed by atoms with Crippen LogP contribution in [0.2, 0.25) is 0 Å². The maximum absolute atomic E-state index is 10.0. The molecule has 0 aromatic rings. The van der Waals surface area contributed by atoms with E-state index in [9.17, 15) is 4.79 Å². The average Bonchev–Trinajstić information content (AvgIpc) is 1.65. The molecule has 0 aromatic heterocycles. The number of ketones is 1. The fourth-order valence-electron chi connectivity index (χ4n) is 0.0357. The molecule has 0 aliphatic rings. The Morgan fingerprint density at radius 3 is 2.33 bits per heavy atom. The largest absolute Gasteiger partial charge is 0.297 e. The summed E-state index contributed by atoms with van der Waals surface area (Å²) in [5, 5.41) is 0.372. The number of Topliss-reactive ketones (excluding diaryl/α,β-unsaturated/α-hetero) is 1. The van der Waals surface area contributed by atoms with Gasteiger partial charge < -0.3 is 0 Å². The van der Waals surface area contributed by atoms with Crippen molar-refractivity contribution in [3.8, 4) is 0 Å². The fourth-order valence-corrected chi connectivity index (χ4v) is 0.557. The molecule has 0 heterocycles. The zero-order chi connectivity index (χ0) is 4.99. The van der Waals surface area contributed by atoms with Crippen molar-refractivity contribution in [2.24, 2.45) is 0 Å². The van der Waals surface area contributed by atoms with Gasteiger partial charge in [0.15, 0.2) is 5.78 Å². The summed E-state index contributed by atoms with van der Waals surface area (Å²) in [4.78, 5) is 10.0. The summed E-state index contributed by atoms with van der Waals surface area (Å²) in [6, 6.07) is 0. The van der Waals surface area contributed by atoms with E-state index in [0.29, 0.717) is 5.33 Å². The fraction of sp³-hybridized carbons (Fsp3) is 0.667. The van der Waals surface area contributed by atoms with Gasteiger partial charge >= 0.3 is 0 Å². The van der Waals surface area contributed by atoms with Crippen molar-refractivity contribution in [3.05, 3.63) is 0 Å². The molecule has 0 aromatic carbocycles. The first-order valence-electron chi connectivity index (χ1n) is 1.45. The Morgan fingerprint density at radius 1 is 1.83 bits per heavy atom. The van der Waals surface area contributed by atoms with Crippen LogP contribution in [0.5, 0.6) is 0 Å². The molecule has 1 nitrogen and oxygen atoms in total. The molecule has 3 heteroatoms. The molecule has 0 amide bonds. The Bertz CT molecular complexity index is 48.8. The summed E-state index contributed by atoms with van der Waals surface area (Å²) in [6.07, 6.45) is 0. The zero-order valence-corrected chi connectivity index (χ0v) is 5.42. The average molecular weight is 171 g/mol. The molecule has 0 saturated carbocycles. The second-order valence-corrected chi connectivity index (χ2v) is 1.63. The number of hydrogen-bond donors (Lipinski definition) is 0. The predicted molar refractivity (Wildman–Crippen MR) is 29.5 cm³/mol. The van der Waals surface area contributed by atoms with E-state index in [4.69, 9.17) is 11.6 Å². The van der Waals surface area contributed by atoms with Crippen LogP contribution < -0.4 is 0 Å². The van der Waals surface area contributed by atoms with Crippen LogP contribution in [0.4, 0.5) is 0 Å². The zero-order valence-electron chi connectivity index (χ0n) is 3.08. The molecule has 0 N–H and O–H groups in total. The van der Waals surface area contributed by atoms with Crippen molar-refractivity contribution < 1.29 is 4.79 Å². The van der Waals surface area contributed by atoms with Gasteiger partial charge in [0.25, 0.3) is 0 Å². The van der Waals surface area contributed by atoms with Crippen LogP contribution in [0, 0.1) is 0 Å². The van der Waals surface area contributed by atoms with Crippen LogP contribution in [-0.2, 0) is 4.79 Å². The normalized spacial score (nSPS) is 8.33. The van der Waals surface area contributed by atoms with E-state index in [1.807, 2.05) is 0 Å². The number of halogens is 2. The minimum Gasteiger partial charge on any atom is -0.297 e. The smallest absolute Gasteiger partial charge is 0.158 e. The highest BCUT2D eigenvalue weighted by atomic mass is 79.9. The molecule has 6 heavy (non-hydrogen) atoms. The van der Waals surface area contributed by atoms with Crippen LogP contribution >= 0.6 is 27.5 Å². The maximum Gasteiger partial charge on any atom is 0.158 e. The van der Waals surface area contributed by atoms with Crippen LogP contribution in [-0.4, -0.2) is 17.0 Å². The number of hydrogen-bond acceptors (Lipinski definition) is 1. The van der Waals surface area contributed by atoms with Crippen LogP contribution in [0.25, 0.3) is 0 Å². The van der Waals surface area contributed by atoms with E-state index in [2.05, 4.69) is 15.9 Å². The lowest BCUT2D eigenvalue weighted by molar-refractivity contribution is -0.114. The summed E-state index contributed by atoms with van der Waals surface area (Å²) in [7, 11) is 0. The highest BCUT2D eigenvalue weighted by Gasteiger charge is 1.90. The van der Waals surface area contributed by atoms with Crippen molar-refractivity contribution in [1.29, 1.82) is 0 Å². The number of carbonyl (C=O) groups excluding carboxylic acids is 1. The first-order valence-corrected chi connectivity index (χ1v) is 3.10. The molecule has 0 bridgehead atoms. The topological polar surface area (TPSA) is 17.1 Å².